The molecule has 0 N–H and O–H groups in total. The van der Waals surface area contributed by atoms with Gasteiger partial charge in [-0.1, -0.05) is 0 Å². The molecule has 1 aliphatic heterocycles. The normalized spacial score (nSPS) is 19.1. The molecule has 1 amide bonds. The molecule has 0 aromatic carbocycles. The van der Waals surface area contributed by atoms with E-state index < -0.39 is 0 Å². The highest BCUT2D eigenvalue weighted by Gasteiger charge is 2.36. The van der Waals surface area contributed by atoms with E-state index in [4.69, 9.17) is 0 Å². The third-order valence-corrected chi connectivity index (χ3v) is 4.92. The fourth-order valence-corrected chi connectivity index (χ4v) is 3.80. The Morgan fingerprint density at radius 1 is 1.56 bits per heavy atom. The minimum absolute atomic E-state index is 0.113. The minimum atomic E-state index is -0.346. The maximum absolute atomic E-state index is 12.3. The molecule has 1 aliphatic rings. The van der Waals surface area contributed by atoms with Crippen LogP contribution in [0.2, 0.25) is 0 Å². The fourth-order valence-electron chi connectivity index (χ4n) is 2.36. The molecule has 0 spiro atoms. The van der Waals surface area contributed by atoms with Crippen LogP contribution in [0.4, 0.5) is 0 Å². The summed E-state index contributed by atoms with van der Waals surface area (Å²) in [6, 6.07) is 1.98. The smallest absolute Gasteiger partial charge is 0.228 e. The third kappa shape index (κ3) is 3.01. The molecule has 0 saturated carbocycles. The Balaban J connectivity index is 2.06. The predicted molar refractivity (Wildman–Crippen MR) is 75.8 cm³/mol. The van der Waals surface area contributed by atoms with E-state index in [0.29, 0.717) is 25.8 Å². The highest BCUT2D eigenvalue weighted by molar-refractivity contribution is 9.10. The van der Waals surface area contributed by atoms with Gasteiger partial charge < -0.3 is 4.90 Å². The first-order valence-electron chi connectivity index (χ1n) is 5.93. The van der Waals surface area contributed by atoms with Crippen molar-refractivity contribution in [3.63, 3.8) is 0 Å². The number of rotatable bonds is 2. The van der Waals surface area contributed by atoms with Gasteiger partial charge in [0.1, 0.15) is 5.78 Å². The van der Waals surface area contributed by atoms with Crippen LogP contribution >= 0.6 is 27.3 Å². The van der Waals surface area contributed by atoms with Gasteiger partial charge in [0.15, 0.2) is 0 Å². The number of thiophene rings is 1. The fraction of sp³-hybridized carbons (Fsp3) is 0.538. The zero-order chi connectivity index (χ0) is 13.3. The second-order valence-electron chi connectivity index (χ2n) is 5.23. The maximum Gasteiger partial charge on any atom is 0.228 e. The zero-order valence-corrected chi connectivity index (χ0v) is 12.9. The lowest BCUT2D eigenvalue weighted by Gasteiger charge is -2.41. The standard InChI is InChI=1S/C13H16BrNO2S/c1-13(2)7-10(16)3-4-15(13)12(17)6-11-5-9(14)8-18-11/h5,8H,3-4,6-7H2,1-2H3. The summed E-state index contributed by atoms with van der Waals surface area (Å²) in [5.41, 5.74) is -0.346. The van der Waals surface area contributed by atoms with Crippen LogP contribution < -0.4 is 0 Å². The molecular formula is C13H16BrNO2S. The summed E-state index contributed by atoms with van der Waals surface area (Å²) in [5, 5.41) is 1.98. The quantitative estimate of drug-likeness (QED) is 0.836. The third-order valence-electron chi connectivity index (χ3n) is 3.22. The van der Waals surface area contributed by atoms with Gasteiger partial charge in [0.05, 0.1) is 6.42 Å². The topological polar surface area (TPSA) is 37.4 Å². The summed E-state index contributed by atoms with van der Waals surface area (Å²) in [6.45, 7) is 4.48. The van der Waals surface area contributed by atoms with Crippen LogP contribution in [0.15, 0.2) is 15.9 Å². The number of halogens is 1. The molecule has 5 heteroatoms. The Labute approximate surface area is 119 Å². The highest BCUT2D eigenvalue weighted by atomic mass is 79.9. The van der Waals surface area contributed by atoms with E-state index in [9.17, 15) is 9.59 Å². The van der Waals surface area contributed by atoms with Crippen LogP contribution in [0.3, 0.4) is 0 Å². The first-order valence-corrected chi connectivity index (χ1v) is 7.61. The largest absolute Gasteiger partial charge is 0.336 e. The van der Waals surface area contributed by atoms with E-state index in [1.165, 1.54) is 0 Å². The SMILES string of the molecule is CC1(C)CC(=O)CCN1C(=O)Cc1cc(Br)cs1. The van der Waals surface area contributed by atoms with Crippen LogP contribution in [-0.2, 0) is 16.0 Å². The van der Waals surface area contributed by atoms with Crippen molar-refractivity contribution in [2.45, 2.75) is 38.6 Å². The molecule has 1 aromatic rings. The van der Waals surface area contributed by atoms with Crippen LogP contribution in [0, 0.1) is 0 Å². The number of carbonyl (C=O) groups is 2. The maximum atomic E-state index is 12.3. The average molecular weight is 330 g/mol. The van der Waals surface area contributed by atoms with Crippen molar-refractivity contribution in [1.82, 2.24) is 4.90 Å². The number of carbonyl (C=O) groups excluding carboxylic acids is 2. The van der Waals surface area contributed by atoms with E-state index in [1.807, 2.05) is 30.2 Å². The van der Waals surface area contributed by atoms with Gasteiger partial charge >= 0.3 is 0 Å². The molecule has 2 heterocycles. The van der Waals surface area contributed by atoms with Gasteiger partial charge in [-0.05, 0) is 35.8 Å². The Kier molecular flexibility index (Phi) is 3.92. The minimum Gasteiger partial charge on any atom is -0.336 e. The van der Waals surface area contributed by atoms with Crippen molar-refractivity contribution in [3.05, 3.63) is 20.8 Å². The lowest BCUT2D eigenvalue weighted by molar-refractivity contribution is -0.141. The van der Waals surface area contributed by atoms with Crippen molar-refractivity contribution in [2.75, 3.05) is 6.54 Å². The summed E-state index contributed by atoms with van der Waals surface area (Å²) in [4.78, 5) is 26.7. The molecular weight excluding hydrogens is 314 g/mol. The van der Waals surface area contributed by atoms with Crippen molar-refractivity contribution in [3.8, 4) is 0 Å². The second kappa shape index (κ2) is 5.13. The predicted octanol–water partition coefficient (Wildman–Crippen LogP) is 3.02. The molecule has 98 valence electrons. The highest BCUT2D eigenvalue weighted by Crippen LogP contribution is 2.27. The van der Waals surface area contributed by atoms with E-state index in [1.54, 1.807) is 11.3 Å². The van der Waals surface area contributed by atoms with Gasteiger partial charge in [-0.3, -0.25) is 9.59 Å². The lowest BCUT2D eigenvalue weighted by atomic mass is 9.89. The molecule has 0 unspecified atom stereocenters. The van der Waals surface area contributed by atoms with E-state index in [0.717, 1.165) is 9.35 Å². The van der Waals surface area contributed by atoms with E-state index in [-0.39, 0.29) is 17.2 Å². The van der Waals surface area contributed by atoms with Gasteiger partial charge in [0.25, 0.3) is 0 Å². The molecule has 1 aromatic heterocycles. The number of amides is 1. The van der Waals surface area contributed by atoms with Crippen molar-refractivity contribution < 1.29 is 9.59 Å². The zero-order valence-electron chi connectivity index (χ0n) is 10.5. The van der Waals surface area contributed by atoms with Crippen LogP contribution in [0.1, 0.15) is 31.6 Å². The number of piperidine rings is 1. The van der Waals surface area contributed by atoms with Crippen molar-refractivity contribution in [1.29, 1.82) is 0 Å². The first-order chi connectivity index (χ1) is 8.38. The Hall–Kier alpha value is -0.680. The number of likely N-dealkylation sites (tertiary alicyclic amines) is 1. The van der Waals surface area contributed by atoms with E-state index >= 15 is 0 Å². The van der Waals surface area contributed by atoms with Crippen LogP contribution in [-0.4, -0.2) is 28.7 Å². The van der Waals surface area contributed by atoms with Gasteiger partial charge in [-0.15, -0.1) is 11.3 Å². The van der Waals surface area contributed by atoms with Crippen LogP contribution in [0.5, 0.6) is 0 Å². The Morgan fingerprint density at radius 2 is 2.28 bits per heavy atom. The molecule has 1 fully saturated rings. The van der Waals surface area contributed by atoms with Gasteiger partial charge in [-0.25, -0.2) is 0 Å². The molecule has 1 saturated heterocycles. The molecule has 18 heavy (non-hydrogen) atoms. The summed E-state index contributed by atoms with van der Waals surface area (Å²) >= 11 is 4.97. The van der Waals surface area contributed by atoms with Crippen molar-refractivity contribution in [2.24, 2.45) is 0 Å². The number of nitrogens with zero attached hydrogens (tertiary/aromatic N) is 1. The van der Waals surface area contributed by atoms with Gasteiger partial charge in [-0.2, -0.15) is 0 Å². The summed E-state index contributed by atoms with van der Waals surface area (Å²) in [7, 11) is 0. The van der Waals surface area contributed by atoms with Crippen molar-refractivity contribution >= 4 is 39.0 Å². The van der Waals surface area contributed by atoms with E-state index in [2.05, 4.69) is 15.9 Å². The van der Waals surface area contributed by atoms with Gasteiger partial charge in [0.2, 0.25) is 5.91 Å². The summed E-state index contributed by atoms with van der Waals surface area (Å²) in [6.07, 6.45) is 1.38. The average Bonchev–Trinajstić information content (AvgIpc) is 2.61. The molecule has 0 aliphatic carbocycles. The molecule has 2 rings (SSSR count). The molecule has 0 bridgehead atoms. The number of ketones is 1. The molecule has 0 radical (unpaired) electrons. The molecule has 0 atom stereocenters. The van der Waals surface area contributed by atoms with Crippen LogP contribution in [0.25, 0.3) is 0 Å². The van der Waals surface area contributed by atoms with Gasteiger partial charge in [0, 0.05) is 39.7 Å². The summed E-state index contributed by atoms with van der Waals surface area (Å²) < 4.78 is 1.02. The second-order valence-corrected chi connectivity index (χ2v) is 7.14. The monoisotopic (exact) mass is 329 g/mol. The summed E-state index contributed by atoms with van der Waals surface area (Å²) in [5.74, 6) is 0.366. The number of hydrogen-bond acceptors (Lipinski definition) is 3. The Morgan fingerprint density at radius 3 is 2.83 bits per heavy atom. The Bertz CT molecular complexity index is 481. The first kappa shape index (κ1) is 13.7. The lowest BCUT2D eigenvalue weighted by Crippen LogP contribution is -2.53. The molecule has 3 nitrogen and oxygen atoms in total. The number of hydrogen-bond donors (Lipinski definition) is 0. The number of Topliss-reactive ketones (excluding diaryl/α,β-unsaturated/α-hetero) is 1.